The third kappa shape index (κ3) is 2.94. The standard InChI is InChI=1S/C10H3F8N/c11-5-3-4(1-2-19)6(9(13,14)15)8(12)7(5)10(16,17)18/h3H,1H2. The minimum atomic E-state index is -5.61. The molecule has 1 rings (SSSR count). The molecule has 0 fully saturated rings. The first kappa shape index (κ1) is 15.2. The molecule has 0 aliphatic rings. The number of halogens is 8. The van der Waals surface area contributed by atoms with Crippen molar-refractivity contribution in [1.29, 1.82) is 5.26 Å². The van der Waals surface area contributed by atoms with Gasteiger partial charge in [0.2, 0.25) is 0 Å². The van der Waals surface area contributed by atoms with Crippen molar-refractivity contribution in [3.05, 3.63) is 34.4 Å². The van der Waals surface area contributed by atoms with Gasteiger partial charge in [-0.25, -0.2) is 8.78 Å². The van der Waals surface area contributed by atoms with Gasteiger partial charge in [0.25, 0.3) is 0 Å². The molecule has 0 aliphatic carbocycles. The first-order valence-electron chi connectivity index (χ1n) is 4.52. The number of rotatable bonds is 1. The van der Waals surface area contributed by atoms with Crippen LogP contribution >= 0.6 is 0 Å². The summed E-state index contributed by atoms with van der Waals surface area (Å²) in [4.78, 5) is 0. The molecule has 9 heteroatoms. The van der Waals surface area contributed by atoms with Gasteiger partial charge in [0.15, 0.2) is 5.82 Å². The Bertz CT molecular complexity index is 534. The zero-order valence-corrected chi connectivity index (χ0v) is 8.76. The minimum absolute atomic E-state index is 0.127. The van der Waals surface area contributed by atoms with Crippen LogP contribution in [0.15, 0.2) is 6.07 Å². The monoisotopic (exact) mass is 289 g/mol. The molecule has 104 valence electrons. The van der Waals surface area contributed by atoms with E-state index in [4.69, 9.17) is 5.26 Å². The predicted molar refractivity (Wildman–Crippen MR) is 45.7 cm³/mol. The smallest absolute Gasteiger partial charge is 0.206 e. The van der Waals surface area contributed by atoms with Crippen molar-refractivity contribution in [3.63, 3.8) is 0 Å². The number of nitriles is 1. The van der Waals surface area contributed by atoms with Crippen LogP contribution in [0.25, 0.3) is 0 Å². The lowest BCUT2D eigenvalue weighted by Crippen LogP contribution is -2.20. The first-order chi connectivity index (χ1) is 8.50. The van der Waals surface area contributed by atoms with Gasteiger partial charge in [0.1, 0.15) is 11.4 Å². The van der Waals surface area contributed by atoms with Gasteiger partial charge in [-0.1, -0.05) is 0 Å². The van der Waals surface area contributed by atoms with Gasteiger partial charge in [-0.15, -0.1) is 0 Å². The Balaban J connectivity index is 3.73. The second kappa shape index (κ2) is 4.68. The summed E-state index contributed by atoms with van der Waals surface area (Å²) >= 11 is 0. The lowest BCUT2D eigenvalue weighted by Gasteiger charge is -2.17. The molecular weight excluding hydrogens is 286 g/mol. The molecule has 1 aromatic carbocycles. The highest BCUT2D eigenvalue weighted by Gasteiger charge is 2.45. The van der Waals surface area contributed by atoms with Crippen LogP contribution in [0.4, 0.5) is 35.1 Å². The van der Waals surface area contributed by atoms with E-state index in [2.05, 4.69) is 0 Å². The summed E-state index contributed by atoms with van der Waals surface area (Å²) in [5.74, 6) is -4.95. The largest absolute Gasteiger partial charge is 0.422 e. The van der Waals surface area contributed by atoms with Crippen LogP contribution in [0.3, 0.4) is 0 Å². The van der Waals surface area contributed by atoms with Crippen molar-refractivity contribution in [2.45, 2.75) is 18.8 Å². The van der Waals surface area contributed by atoms with Gasteiger partial charge in [-0.3, -0.25) is 0 Å². The van der Waals surface area contributed by atoms with E-state index >= 15 is 0 Å². The summed E-state index contributed by atoms with van der Waals surface area (Å²) in [5.41, 5.74) is -6.08. The highest BCUT2D eigenvalue weighted by Crippen LogP contribution is 2.41. The van der Waals surface area contributed by atoms with Crippen molar-refractivity contribution in [2.75, 3.05) is 0 Å². The van der Waals surface area contributed by atoms with Crippen LogP contribution in [0.2, 0.25) is 0 Å². The van der Waals surface area contributed by atoms with E-state index in [1.54, 1.807) is 0 Å². The van der Waals surface area contributed by atoms with E-state index in [1.807, 2.05) is 0 Å². The van der Waals surface area contributed by atoms with Crippen molar-refractivity contribution < 1.29 is 35.1 Å². The van der Waals surface area contributed by atoms with Gasteiger partial charge < -0.3 is 0 Å². The zero-order valence-electron chi connectivity index (χ0n) is 8.76. The van der Waals surface area contributed by atoms with Gasteiger partial charge in [0.05, 0.1) is 18.1 Å². The summed E-state index contributed by atoms with van der Waals surface area (Å²) in [6.07, 6.45) is -12.1. The average molecular weight is 289 g/mol. The summed E-state index contributed by atoms with van der Waals surface area (Å²) in [7, 11) is 0. The molecule has 0 amide bonds. The Morgan fingerprint density at radius 1 is 0.947 bits per heavy atom. The fourth-order valence-corrected chi connectivity index (χ4v) is 1.46. The first-order valence-corrected chi connectivity index (χ1v) is 4.52. The normalized spacial score (nSPS) is 12.4. The van der Waals surface area contributed by atoms with Crippen LogP contribution in [0, 0.1) is 23.0 Å². The van der Waals surface area contributed by atoms with Crippen LogP contribution in [-0.2, 0) is 18.8 Å². The van der Waals surface area contributed by atoms with E-state index in [-0.39, 0.29) is 6.07 Å². The van der Waals surface area contributed by atoms with Crippen molar-refractivity contribution in [3.8, 4) is 6.07 Å². The van der Waals surface area contributed by atoms with Crippen LogP contribution < -0.4 is 0 Å². The van der Waals surface area contributed by atoms with Crippen molar-refractivity contribution in [1.82, 2.24) is 0 Å². The fourth-order valence-electron chi connectivity index (χ4n) is 1.46. The number of hydrogen-bond acceptors (Lipinski definition) is 1. The maximum Gasteiger partial charge on any atom is 0.422 e. The van der Waals surface area contributed by atoms with E-state index in [0.717, 1.165) is 0 Å². The Morgan fingerprint density at radius 3 is 1.79 bits per heavy atom. The highest BCUT2D eigenvalue weighted by molar-refractivity contribution is 5.39. The molecule has 0 unspecified atom stereocenters. The third-order valence-electron chi connectivity index (χ3n) is 2.14. The Hall–Kier alpha value is -1.85. The minimum Gasteiger partial charge on any atom is -0.206 e. The second-order valence-corrected chi connectivity index (χ2v) is 3.41. The zero-order chi connectivity index (χ0) is 15.0. The van der Waals surface area contributed by atoms with E-state index in [9.17, 15) is 35.1 Å². The average Bonchev–Trinajstić information content (AvgIpc) is 2.11. The number of hydrogen-bond donors (Lipinski definition) is 0. The highest BCUT2D eigenvalue weighted by atomic mass is 19.4. The van der Waals surface area contributed by atoms with Gasteiger partial charge in [-0.05, 0) is 11.6 Å². The lowest BCUT2D eigenvalue weighted by molar-refractivity contribution is -0.149. The van der Waals surface area contributed by atoms with Crippen LogP contribution in [-0.4, -0.2) is 0 Å². The predicted octanol–water partition coefficient (Wildman–Crippen LogP) is 4.07. The van der Waals surface area contributed by atoms with E-state index < -0.39 is 47.1 Å². The van der Waals surface area contributed by atoms with Crippen LogP contribution in [0.1, 0.15) is 16.7 Å². The molecular formula is C10H3F8N. The molecule has 0 atom stereocenters. The van der Waals surface area contributed by atoms with Gasteiger partial charge in [0, 0.05) is 0 Å². The molecule has 0 aliphatic heterocycles. The summed E-state index contributed by atoms with van der Waals surface area (Å²) < 4.78 is 101. The molecule has 0 saturated carbocycles. The molecule has 0 spiro atoms. The fraction of sp³-hybridized carbons (Fsp3) is 0.300. The second-order valence-electron chi connectivity index (χ2n) is 3.41. The summed E-state index contributed by atoms with van der Waals surface area (Å²) in [6.45, 7) is 0. The van der Waals surface area contributed by atoms with Crippen molar-refractivity contribution in [2.24, 2.45) is 0 Å². The molecule has 1 aromatic rings. The van der Waals surface area contributed by atoms with Gasteiger partial charge >= 0.3 is 12.4 Å². The summed E-state index contributed by atoms with van der Waals surface area (Å²) in [6, 6.07) is 1.07. The Labute approximate surface area is 101 Å². The molecule has 0 bridgehead atoms. The van der Waals surface area contributed by atoms with E-state index in [1.165, 1.54) is 6.07 Å². The molecule has 1 nitrogen and oxygen atoms in total. The number of benzene rings is 1. The third-order valence-corrected chi connectivity index (χ3v) is 2.14. The topological polar surface area (TPSA) is 23.8 Å². The van der Waals surface area contributed by atoms with Gasteiger partial charge in [-0.2, -0.15) is 31.6 Å². The molecule has 0 heterocycles. The number of nitrogens with zero attached hydrogens (tertiary/aromatic N) is 1. The summed E-state index contributed by atoms with van der Waals surface area (Å²) in [5, 5.41) is 8.24. The SMILES string of the molecule is N#CCc1cc(F)c(C(F)(F)F)c(F)c1C(F)(F)F. The quantitative estimate of drug-likeness (QED) is 0.715. The Kier molecular flexibility index (Phi) is 3.74. The van der Waals surface area contributed by atoms with Crippen molar-refractivity contribution >= 4 is 0 Å². The van der Waals surface area contributed by atoms with E-state index in [0.29, 0.717) is 0 Å². The molecule has 0 N–H and O–H groups in total. The maximum atomic E-state index is 13.3. The lowest BCUT2D eigenvalue weighted by atomic mass is 9.99. The van der Waals surface area contributed by atoms with Crippen LogP contribution in [0.5, 0.6) is 0 Å². The maximum absolute atomic E-state index is 13.3. The number of alkyl halides is 6. The molecule has 19 heavy (non-hydrogen) atoms. The Morgan fingerprint density at radius 2 is 1.42 bits per heavy atom. The molecule has 0 saturated heterocycles. The molecule has 0 aromatic heterocycles. The molecule has 0 radical (unpaired) electrons.